The lowest BCUT2D eigenvalue weighted by molar-refractivity contribution is -0.384. The molecule has 1 aliphatic heterocycles. The summed E-state index contributed by atoms with van der Waals surface area (Å²) >= 11 is 0. The monoisotopic (exact) mass is 851 g/mol. The lowest BCUT2D eigenvalue weighted by atomic mass is 9.55. The molecule has 6 atom stereocenters. The number of unbranched alkanes of at least 4 members (excludes halogenated alkanes) is 2. The highest BCUT2D eigenvalue weighted by Gasteiger charge is 2.65. The zero-order valence-corrected chi connectivity index (χ0v) is 36.0. The lowest BCUT2D eigenvalue weighted by Gasteiger charge is -2.60. The molecule has 1 amide bonds. The SMILES string of the molecule is C=CCOc1ccc2c(c1)[C@H]1[C@H](CCCCO)[C@@H](CCCCO)C=C3C(=NOCc4ccc([N+](=O)[O-])cc4)C[C@H](N(CCC)C(=O)Cc4cccc(OC)c4)[C@@](OCC=C)(O2)[C@H]31. The summed E-state index contributed by atoms with van der Waals surface area (Å²) in [5.41, 5.74) is 4.02. The van der Waals surface area contributed by atoms with Crippen molar-refractivity contribution in [3.63, 3.8) is 0 Å². The van der Waals surface area contributed by atoms with E-state index in [-0.39, 0.29) is 68.6 Å². The summed E-state index contributed by atoms with van der Waals surface area (Å²) < 4.78 is 26.0. The van der Waals surface area contributed by atoms with E-state index in [0.717, 1.165) is 42.4 Å². The van der Waals surface area contributed by atoms with Crippen LogP contribution in [0.2, 0.25) is 0 Å². The average Bonchev–Trinajstić information content (AvgIpc) is 3.28. The number of fused-ring (bicyclic) bond motifs is 2. The Morgan fingerprint density at radius 3 is 2.44 bits per heavy atom. The van der Waals surface area contributed by atoms with Crippen molar-refractivity contribution in [2.24, 2.45) is 22.9 Å². The van der Waals surface area contributed by atoms with Crippen molar-refractivity contribution in [2.75, 3.05) is 40.1 Å². The van der Waals surface area contributed by atoms with E-state index in [4.69, 9.17) is 28.9 Å². The number of carbonyl (C=O) groups excluding carboxylic acids is 1. The van der Waals surface area contributed by atoms with Gasteiger partial charge in [0.05, 0.1) is 36.7 Å². The normalized spacial score (nSPS) is 22.9. The molecule has 13 heteroatoms. The molecule has 0 unspecified atom stereocenters. The minimum absolute atomic E-state index is 0.0181. The summed E-state index contributed by atoms with van der Waals surface area (Å²) in [4.78, 5) is 33.9. The summed E-state index contributed by atoms with van der Waals surface area (Å²) in [6.45, 7) is 11.0. The number of allylic oxidation sites excluding steroid dienone is 1. The Labute approximate surface area is 364 Å². The number of aliphatic hydroxyl groups is 2. The number of nitro benzene ring substituents is 1. The summed E-state index contributed by atoms with van der Waals surface area (Å²) in [5.74, 6) is -0.144. The van der Waals surface area contributed by atoms with Crippen LogP contribution in [0.25, 0.3) is 0 Å². The molecule has 3 aromatic carbocycles. The smallest absolute Gasteiger partial charge is 0.269 e. The fourth-order valence-corrected chi connectivity index (χ4v) is 9.55. The Balaban J connectivity index is 1.56. The van der Waals surface area contributed by atoms with Crippen molar-refractivity contribution in [2.45, 2.75) is 89.1 Å². The predicted molar refractivity (Wildman–Crippen MR) is 237 cm³/mol. The molecule has 1 saturated carbocycles. The van der Waals surface area contributed by atoms with Gasteiger partial charge in [-0.25, -0.2) is 0 Å². The molecule has 1 fully saturated rings. The Morgan fingerprint density at radius 2 is 1.74 bits per heavy atom. The number of rotatable bonds is 24. The molecule has 0 aromatic heterocycles. The standard InChI is InChI=1S/C49H61N3O10/c1-5-23-51(46(55)29-35-13-12-15-38(28-35)58-4)45-32-43(50-61-33-34-17-19-37(20-18-34)52(56)57)41-30-36(14-8-10-24-53)40(16-9-11-25-54)47-42-31-39(59-26-6-2)21-22-44(42)62-49(45,48(41)47)60-27-7-3/h6-7,12-13,15,17-22,28,30-31,36,40,45,47-48,53-54H,2-3,5,8-11,14,16,23-27,29,32-33H2,1,4H3/t36-,40+,45-,47+,48+,49+/m0/s1. The van der Waals surface area contributed by atoms with Crippen LogP contribution in [0.5, 0.6) is 17.2 Å². The highest BCUT2D eigenvalue weighted by Crippen LogP contribution is 2.62. The van der Waals surface area contributed by atoms with Gasteiger partial charge in [-0.05, 0) is 103 Å². The Kier molecular flexibility index (Phi) is 16.4. The van der Waals surface area contributed by atoms with E-state index in [0.29, 0.717) is 60.9 Å². The molecule has 332 valence electrons. The Morgan fingerprint density at radius 1 is 0.984 bits per heavy atom. The first-order valence-corrected chi connectivity index (χ1v) is 21.8. The van der Waals surface area contributed by atoms with Crippen LogP contribution in [-0.2, 0) is 27.4 Å². The van der Waals surface area contributed by atoms with Gasteiger partial charge in [-0.2, -0.15) is 0 Å². The maximum absolute atomic E-state index is 14.9. The number of carbonyl (C=O) groups is 1. The lowest BCUT2D eigenvalue weighted by Crippen LogP contribution is -2.70. The number of oxime groups is 1. The van der Waals surface area contributed by atoms with E-state index in [1.807, 2.05) is 48.2 Å². The van der Waals surface area contributed by atoms with E-state index >= 15 is 0 Å². The summed E-state index contributed by atoms with van der Waals surface area (Å²) in [6.07, 6.45) is 11.2. The van der Waals surface area contributed by atoms with Gasteiger partial charge in [0.15, 0.2) is 0 Å². The molecular formula is C49H61N3O10. The Bertz CT molecular complexity index is 2070. The molecular weight excluding hydrogens is 791 g/mol. The minimum atomic E-state index is -1.40. The number of nitro groups is 1. The van der Waals surface area contributed by atoms with Gasteiger partial charge in [0.25, 0.3) is 5.69 Å². The van der Waals surface area contributed by atoms with Gasteiger partial charge in [0.2, 0.25) is 11.7 Å². The van der Waals surface area contributed by atoms with E-state index in [1.165, 1.54) is 12.1 Å². The van der Waals surface area contributed by atoms with Crippen molar-refractivity contribution in [1.82, 2.24) is 4.90 Å². The molecule has 62 heavy (non-hydrogen) atoms. The molecule has 3 aliphatic rings. The second-order valence-corrected chi connectivity index (χ2v) is 16.2. The van der Waals surface area contributed by atoms with Gasteiger partial charge in [-0.1, -0.05) is 61.9 Å². The zero-order chi connectivity index (χ0) is 44.1. The van der Waals surface area contributed by atoms with Crippen molar-refractivity contribution in [3.05, 3.63) is 130 Å². The van der Waals surface area contributed by atoms with E-state index in [2.05, 4.69) is 25.3 Å². The highest BCUT2D eigenvalue weighted by molar-refractivity contribution is 6.03. The van der Waals surface area contributed by atoms with Crippen molar-refractivity contribution >= 4 is 17.3 Å². The van der Waals surface area contributed by atoms with Gasteiger partial charge < -0.3 is 38.9 Å². The van der Waals surface area contributed by atoms with Crippen molar-refractivity contribution in [1.29, 1.82) is 0 Å². The molecule has 2 aliphatic carbocycles. The average molecular weight is 852 g/mol. The molecule has 13 nitrogen and oxygen atoms in total. The fraction of sp³-hybridized carbons (Fsp3) is 0.469. The van der Waals surface area contributed by atoms with Gasteiger partial charge >= 0.3 is 0 Å². The topological polar surface area (TPSA) is 162 Å². The van der Waals surface area contributed by atoms with E-state index in [1.54, 1.807) is 31.4 Å². The summed E-state index contributed by atoms with van der Waals surface area (Å²) in [6, 6.07) is 18.9. The molecule has 0 spiro atoms. The summed E-state index contributed by atoms with van der Waals surface area (Å²) in [5, 5.41) is 36.1. The third-order valence-corrected chi connectivity index (χ3v) is 12.2. The largest absolute Gasteiger partial charge is 0.497 e. The van der Waals surface area contributed by atoms with E-state index in [9.17, 15) is 25.1 Å². The van der Waals surface area contributed by atoms with Gasteiger partial charge in [0, 0.05) is 49.8 Å². The number of amides is 1. The third-order valence-electron chi connectivity index (χ3n) is 12.2. The number of methoxy groups -OCH3 is 1. The van der Waals surface area contributed by atoms with Crippen molar-refractivity contribution in [3.8, 4) is 17.2 Å². The molecule has 1 heterocycles. The van der Waals surface area contributed by atoms with Crippen LogP contribution in [0.1, 0.15) is 80.9 Å². The van der Waals surface area contributed by atoms with Crippen molar-refractivity contribution < 1.29 is 43.7 Å². The molecule has 0 radical (unpaired) electrons. The van der Waals surface area contributed by atoms with Crippen LogP contribution >= 0.6 is 0 Å². The van der Waals surface area contributed by atoms with Crippen LogP contribution in [0, 0.1) is 27.9 Å². The molecule has 3 aromatic rings. The van der Waals surface area contributed by atoms with Crippen LogP contribution < -0.4 is 14.2 Å². The first-order chi connectivity index (χ1) is 30.2. The third kappa shape index (κ3) is 10.4. The second-order valence-electron chi connectivity index (χ2n) is 16.2. The number of nitrogens with zero attached hydrogens (tertiary/aromatic N) is 3. The maximum Gasteiger partial charge on any atom is 0.269 e. The molecule has 0 saturated heterocycles. The van der Waals surface area contributed by atoms with Crippen LogP contribution in [0.15, 0.2) is 109 Å². The number of aliphatic hydroxyl groups excluding tert-OH is 2. The fourth-order valence-electron chi connectivity index (χ4n) is 9.55. The molecule has 0 bridgehead atoms. The van der Waals surface area contributed by atoms with E-state index < -0.39 is 22.7 Å². The summed E-state index contributed by atoms with van der Waals surface area (Å²) in [7, 11) is 1.60. The van der Waals surface area contributed by atoms with Gasteiger partial charge in [0.1, 0.15) is 36.5 Å². The van der Waals surface area contributed by atoms with Crippen LogP contribution in [-0.4, -0.2) is 83.6 Å². The maximum atomic E-state index is 14.9. The quantitative estimate of drug-likeness (QED) is 0.0387. The Hall–Kier alpha value is -5.50. The molecule has 2 N–H and O–H groups in total. The highest BCUT2D eigenvalue weighted by atomic mass is 16.7. The number of non-ortho nitro benzene ring substituents is 1. The number of benzene rings is 3. The van der Waals surface area contributed by atoms with Crippen LogP contribution in [0.4, 0.5) is 5.69 Å². The first-order valence-electron chi connectivity index (χ1n) is 21.8. The van der Waals surface area contributed by atoms with Crippen LogP contribution in [0.3, 0.4) is 0 Å². The number of hydrogen-bond donors (Lipinski definition) is 2. The molecule has 6 rings (SSSR count). The van der Waals surface area contributed by atoms with Gasteiger partial charge in [-0.15, -0.1) is 6.58 Å². The second kappa shape index (κ2) is 22.0. The number of ether oxygens (including phenoxy) is 4. The first kappa shape index (κ1) is 46.0. The number of hydrogen-bond acceptors (Lipinski definition) is 11. The zero-order valence-electron chi connectivity index (χ0n) is 36.0. The van der Waals surface area contributed by atoms with Gasteiger partial charge in [-0.3, -0.25) is 14.9 Å². The minimum Gasteiger partial charge on any atom is -0.497 e. The predicted octanol–water partition coefficient (Wildman–Crippen LogP) is 8.48.